The number of carbonyl (C=O) groups is 1. The van der Waals surface area contributed by atoms with Crippen molar-refractivity contribution in [3.05, 3.63) is 33.9 Å². The quantitative estimate of drug-likeness (QED) is 0.641. The van der Waals surface area contributed by atoms with Crippen LogP contribution in [0.25, 0.3) is 0 Å². The highest BCUT2D eigenvalue weighted by Crippen LogP contribution is 2.32. The molecule has 0 fully saturated rings. The second-order valence-corrected chi connectivity index (χ2v) is 3.38. The van der Waals surface area contributed by atoms with Gasteiger partial charge < -0.3 is 5.11 Å². The Balaban J connectivity index is 3.27. The van der Waals surface area contributed by atoms with Gasteiger partial charge in [-0.15, -0.1) is 0 Å². The van der Waals surface area contributed by atoms with Gasteiger partial charge in [0.15, 0.2) is 0 Å². The van der Waals surface area contributed by atoms with Crippen LogP contribution in [0.5, 0.6) is 0 Å². The van der Waals surface area contributed by atoms with Gasteiger partial charge in [0.25, 0.3) is 5.69 Å². The number of nitro groups is 1. The summed E-state index contributed by atoms with van der Waals surface area (Å²) in [4.78, 5) is 20.6. The van der Waals surface area contributed by atoms with E-state index in [0.29, 0.717) is 11.0 Å². The zero-order valence-electron chi connectivity index (χ0n) is 6.64. The van der Waals surface area contributed by atoms with E-state index in [0.717, 1.165) is 6.07 Å². The number of nitro benzene ring substituents is 1. The topological polar surface area (TPSA) is 80.4 Å². The van der Waals surface area contributed by atoms with Crippen LogP contribution in [-0.4, -0.2) is 16.0 Å². The lowest BCUT2D eigenvalue weighted by molar-refractivity contribution is -0.387. The van der Waals surface area contributed by atoms with E-state index < -0.39 is 10.9 Å². The lowest BCUT2D eigenvalue weighted by Crippen LogP contribution is -1.98. The Kier molecular flexibility index (Phi) is 3.32. The van der Waals surface area contributed by atoms with Crippen molar-refractivity contribution in [1.82, 2.24) is 0 Å². The number of rotatable bonds is 3. The average Bonchev–Trinajstić information content (AvgIpc) is 2.16. The maximum atomic E-state index is 10.5. The fraction of sp³-hybridized carbons (Fsp3) is 0. The van der Waals surface area contributed by atoms with E-state index >= 15 is 0 Å². The summed E-state index contributed by atoms with van der Waals surface area (Å²) < 4.78 is 0. The van der Waals surface area contributed by atoms with Crippen LogP contribution in [0.1, 0.15) is 10.4 Å². The minimum atomic E-state index is -1.21. The molecule has 1 rings (SSSR count). The number of carboxylic acids is 1. The minimum Gasteiger partial charge on any atom is -0.478 e. The lowest BCUT2D eigenvalue weighted by atomic mass is 10.2. The van der Waals surface area contributed by atoms with Crippen LogP contribution in [0.15, 0.2) is 23.1 Å². The van der Waals surface area contributed by atoms with Crippen molar-refractivity contribution in [2.75, 3.05) is 0 Å². The smallest absolute Gasteiger partial charge is 0.335 e. The molecule has 1 N–H and O–H groups in total. The number of benzene rings is 1. The largest absolute Gasteiger partial charge is 0.478 e. The molecule has 0 atom stereocenters. The number of nitrogens with zero attached hydrogens (tertiary/aromatic N) is 1. The van der Waals surface area contributed by atoms with Crippen LogP contribution in [-0.2, 0) is 0 Å². The standard InChI is InChI=1S/C7H4ClNO4S/c8-14-6-2-1-4(7(10)11)3-5(6)9(12)13/h1-3H,(H,10,11). The molecule has 0 aromatic heterocycles. The summed E-state index contributed by atoms with van der Waals surface area (Å²) in [5.74, 6) is -1.21. The first-order valence-corrected chi connectivity index (χ1v) is 5.01. The van der Waals surface area contributed by atoms with Gasteiger partial charge in [-0.25, -0.2) is 4.79 Å². The summed E-state index contributed by atoms with van der Waals surface area (Å²) in [6.45, 7) is 0. The van der Waals surface area contributed by atoms with E-state index in [1.54, 1.807) is 0 Å². The second-order valence-electron chi connectivity index (χ2n) is 2.32. The Morgan fingerprint density at radius 1 is 1.57 bits per heavy atom. The van der Waals surface area contributed by atoms with Crippen molar-refractivity contribution in [3.8, 4) is 0 Å². The maximum absolute atomic E-state index is 10.5. The molecular weight excluding hydrogens is 230 g/mol. The van der Waals surface area contributed by atoms with Crippen molar-refractivity contribution >= 4 is 33.3 Å². The molecule has 0 radical (unpaired) electrons. The molecule has 0 aliphatic rings. The predicted molar refractivity (Wildman–Crippen MR) is 51.8 cm³/mol. The lowest BCUT2D eigenvalue weighted by Gasteiger charge is -1.98. The Morgan fingerprint density at radius 2 is 2.21 bits per heavy atom. The highest BCUT2D eigenvalue weighted by Gasteiger charge is 2.16. The van der Waals surface area contributed by atoms with Crippen LogP contribution < -0.4 is 0 Å². The third-order valence-corrected chi connectivity index (χ3v) is 2.50. The third kappa shape index (κ3) is 2.15. The van der Waals surface area contributed by atoms with Crippen molar-refractivity contribution in [2.24, 2.45) is 0 Å². The molecule has 0 unspecified atom stereocenters. The Bertz CT molecular complexity index is 395. The molecule has 0 bridgehead atoms. The predicted octanol–water partition coefficient (Wildman–Crippen LogP) is 2.54. The van der Waals surface area contributed by atoms with Crippen LogP contribution in [0.2, 0.25) is 0 Å². The molecule has 7 heteroatoms. The van der Waals surface area contributed by atoms with E-state index in [1.807, 2.05) is 0 Å². The number of hydrogen-bond donors (Lipinski definition) is 1. The monoisotopic (exact) mass is 233 g/mol. The molecule has 0 saturated carbocycles. The van der Waals surface area contributed by atoms with Gasteiger partial charge in [-0.3, -0.25) is 10.1 Å². The van der Waals surface area contributed by atoms with Crippen LogP contribution in [0.3, 0.4) is 0 Å². The molecule has 1 aromatic carbocycles. The first-order valence-electron chi connectivity index (χ1n) is 3.36. The van der Waals surface area contributed by atoms with E-state index in [2.05, 4.69) is 0 Å². The van der Waals surface area contributed by atoms with E-state index in [1.165, 1.54) is 12.1 Å². The fourth-order valence-corrected chi connectivity index (χ4v) is 1.58. The van der Waals surface area contributed by atoms with Crippen LogP contribution in [0.4, 0.5) is 5.69 Å². The van der Waals surface area contributed by atoms with Gasteiger partial charge in [-0.05, 0) is 33.8 Å². The molecule has 74 valence electrons. The van der Waals surface area contributed by atoms with Gasteiger partial charge in [0.1, 0.15) is 4.90 Å². The van der Waals surface area contributed by atoms with E-state index in [4.69, 9.17) is 15.8 Å². The zero-order valence-corrected chi connectivity index (χ0v) is 8.21. The summed E-state index contributed by atoms with van der Waals surface area (Å²) in [5, 5.41) is 19.1. The van der Waals surface area contributed by atoms with Gasteiger partial charge in [-0.2, -0.15) is 0 Å². The Labute approximate surface area is 87.3 Å². The molecule has 0 amide bonds. The summed E-state index contributed by atoms with van der Waals surface area (Å²) in [6, 6.07) is 3.55. The summed E-state index contributed by atoms with van der Waals surface area (Å²) in [6.07, 6.45) is 0. The summed E-state index contributed by atoms with van der Waals surface area (Å²) in [5.41, 5.74) is -0.434. The molecule has 14 heavy (non-hydrogen) atoms. The average molecular weight is 234 g/mol. The number of carboxylic acid groups (broad SMARTS) is 1. The Morgan fingerprint density at radius 3 is 2.64 bits per heavy atom. The Hall–Kier alpha value is -1.27. The fourth-order valence-electron chi connectivity index (χ4n) is 0.858. The molecular formula is C7H4ClNO4S. The first-order chi connectivity index (χ1) is 6.56. The van der Waals surface area contributed by atoms with Crippen molar-refractivity contribution < 1.29 is 14.8 Å². The van der Waals surface area contributed by atoms with Crippen molar-refractivity contribution in [2.45, 2.75) is 4.90 Å². The first kappa shape index (κ1) is 10.8. The molecule has 0 heterocycles. The second kappa shape index (κ2) is 4.30. The molecule has 0 aliphatic carbocycles. The molecule has 5 nitrogen and oxygen atoms in total. The molecule has 0 spiro atoms. The molecule has 1 aromatic rings. The third-order valence-electron chi connectivity index (χ3n) is 1.49. The normalized spacial score (nSPS) is 9.79. The number of aromatic carboxylic acids is 1. The van der Waals surface area contributed by atoms with Crippen LogP contribution in [0, 0.1) is 10.1 Å². The van der Waals surface area contributed by atoms with Gasteiger partial charge >= 0.3 is 5.97 Å². The number of hydrogen-bond acceptors (Lipinski definition) is 4. The highest BCUT2D eigenvalue weighted by atomic mass is 35.7. The van der Waals surface area contributed by atoms with Gasteiger partial charge in [-0.1, -0.05) is 0 Å². The van der Waals surface area contributed by atoms with Crippen molar-refractivity contribution in [3.63, 3.8) is 0 Å². The minimum absolute atomic E-state index is 0.133. The molecule has 0 saturated heterocycles. The highest BCUT2D eigenvalue weighted by molar-refractivity contribution is 8.21. The van der Waals surface area contributed by atoms with Gasteiger partial charge in [0.05, 0.1) is 10.5 Å². The number of halogens is 1. The summed E-state index contributed by atoms with van der Waals surface area (Å²) >= 11 is 0. The maximum Gasteiger partial charge on any atom is 0.335 e. The van der Waals surface area contributed by atoms with Gasteiger partial charge in [0, 0.05) is 6.07 Å². The zero-order chi connectivity index (χ0) is 10.7. The summed E-state index contributed by atoms with van der Waals surface area (Å²) in [7, 11) is 6.05. The van der Waals surface area contributed by atoms with E-state index in [-0.39, 0.29) is 16.1 Å². The van der Waals surface area contributed by atoms with Crippen molar-refractivity contribution in [1.29, 1.82) is 0 Å². The van der Waals surface area contributed by atoms with Crippen LogP contribution >= 0.6 is 21.7 Å². The van der Waals surface area contributed by atoms with E-state index in [9.17, 15) is 14.9 Å². The van der Waals surface area contributed by atoms with Gasteiger partial charge in [0.2, 0.25) is 0 Å². The molecule has 0 aliphatic heterocycles. The SMILES string of the molecule is O=C(O)c1ccc(SCl)c([N+](=O)[O-])c1.